The molecule has 0 saturated heterocycles. The number of nitro groups is 1. The lowest BCUT2D eigenvalue weighted by Crippen LogP contribution is -2.15. The number of rotatable bonds is 5. The van der Waals surface area contributed by atoms with Crippen LogP contribution in [-0.4, -0.2) is 23.9 Å². The molecule has 0 spiro atoms. The number of hydrogen-bond acceptors (Lipinski definition) is 6. The zero-order valence-corrected chi connectivity index (χ0v) is 17.1. The van der Waals surface area contributed by atoms with Crippen LogP contribution in [0.5, 0.6) is 0 Å². The summed E-state index contributed by atoms with van der Waals surface area (Å²) in [5, 5.41) is 16.4. The second kappa shape index (κ2) is 8.60. The number of nitro benzene ring substituents is 1. The van der Waals surface area contributed by atoms with E-state index in [4.69, 9.17) is 27.9 Å². The van der Waals surface area contributed by atoms with Gasteiger partial charge in [0.25, 0.3) is 11.6 Å². The molecule has 7 nitrogen and oxygen atoms in total. The Kier molecular flexibility index (Phi) is 6.17. The van der Waals surface area contributed by atoms with E-state index in [2.05, 4.69) is 5.32 Å². The van der Waals surface area contributed by atoms with Crippen LogP contribution in [-0.2, 0) is 4.74 Å². The summed E-state index contributed by atoms with van der Waals surface area (Å²) in [7, 11) is 1.22. The van der Waals surface area contributed by atoms with Gasteiger partial charge in [-0.3, -0.25) is 14.9 Å². The molecule has 0 saturated carbocycles. The molecule has 0 fully saturated rings. The van der Waals surface area contributed by atoms with Gasteiger partial charge in [-0.15, -0.1) is 11.3 Å². The number of halogens is 2. The van der Waals surface area contributed by atoms with Crippen molar-refractivity contribution in [1.29, 1.82) is 0 Å². The van der Waals surface area contributed by atoms with E-state index >= 15 is 0 Å². The molecule has 0 atom stereocenters. The minimum atomic E-state index is -0.747. The lowest BCUT2D eigenvalue weighted by Gasteiger charge is -2.08. The van der Waals surface area contributed by atoms with E-state index in [1.54, 1.807) is 29.6 Å². The fourth-order valence-electron chi connectivity index (χ4n) is 2.61. The van der Waals surface area contributed by atoms with E-state index < -0.39 is 22.5 Å². The number of thiophene rings is 1. The van der Waals surface area contributed by atoms with Gasteiger partial charge in [0.2, 0.25) is 0 Å². The molecule has 0 bridgehead atoms. The number of esters is 1. The smallest absolute Gasteiger partial charge is 0.341 e. The minimum absolute atomic E-state index is 0.129. The van der Waals surface area contributed by atoms with Crippen molar-refractivity contribution < 1.29 is 19.2 Å². The summed E-state index contributed by atoms with van der Waals surface area (Å²) in [4.78, 5) is 35.6. The molecule has 1 aromatic heterocycles. The zero-order valence-electron chi connectivity index (χ0n) is 14.8. The molecule has 1 N–H and O–H groups in total. The SMILES string of the molecule is COC(=O)c1c(-c2ccc(Cl)cc2)csc1NC(=O)c1ccc(Cl)cc1[N+](=O)[O-]. The first-order chi connectivity index (χ1) is 13.8. The van der Waals surface area contributed by atoms with Crippen LogP contribution >= 0.6 is 34.5 Å². The maximum Gasteiger partial charge on any atom is 0.341 e. The maximum atomic E-state index is 12.7. The molecule has 1 amide bonds. The first kappa shape index (κ1) is 20.8. The fraction of sp³-hybridized carbons (Fsp3) is 0.0526. The van der Waals surface area contributed by atoms with Gasteiger partial charge in [0, 0.05) is 27.1 Å². The maximum absolute atomic E-state index is 12.7. The van der Waals surface area contributed by atoms with Gasteiger partial charge in [-0.05, 0) is 29.8 Å². The summed E-state index contributed by atoms with van der Waals surface area (Å²) >= 11 is 12.8. The van der Waals surface area contributed by atoms with Gasteiger partial charge in [-0.2, -0.15) is 0 Å². The third kappa shape index (κ3) is 4.40. The summed E-state index contributed by atoms with van der Waals surface area (Å²) in [6, 6.07) is 10.5. The van der Waals surface area contributed by atoms with Crippen molar-refractivity contribution in [3.63, 3.8) is 0 Å². The third-order valence-corrected chi connectivity index (χ3v) is 5.35. The molecule has 3 rings (SSSR count). The summed E-state index contributed by atoms with van der Waals surface area (Å²) < 4.78 is 4.85. The first-order valence-electron chi connectivity index (χ1n) is 8.03. The zero-order chi connectivity index (χ0) is 21.1. The average Bonchev–Trinajstić information content (AvgIpc) is 3.11. The van der Waals surface area contributed by atoms with Gasteiger partial charge in [-0.25, -0.2) is 4.79 Å². The highest BCUT2D eigenvalue weighted by atomic mass is 35.5. The second-order valence-corrected chi connectivity index (χ2v) is 7.48. The molecular formula is C19H12Cl2N2O5S. The van der Waals surface area contributed by atoms with Crippen LogP contribution in [0.25, 0.3) is 11.1 Å². The predicted molar refractivity (Wildman–Crippen MR) is 112 cm³/mol. The number of nitrogens with one attached hydrogen (secondary N) is 1. The molecule has 148 valence electrons. The standard InChI is InChI=1S/C19H12Cl2N2O5S/c1-28-19(25)16-14(10-2-4-11(20)5-3-10)9-29-18(16)22-17(24)13-7-6-12(21)8-15(13)23(26)27/h2-9H,1H3,(H,22,24). The Morgan fingerprint density at radius 2 is 1.76 bits per heavy atom. The van der Waals surface area contributed by atoms with Crippen molar-refractivity contribution in [1.82, 2.24) is 0 Å². The van der Waals surface area contributed by atoms with Crippen molar-refractivity contribution in [2.75, 3.05) is 12.4 Å². The Morgan fingerprint density at radius 1 is 1.10 bits per heavy atom. The number of nitrogens with zero attached hydrogens (tertiary/aromatic N) is 1. The summed E-state index contributed by atoms with van der Waals surface area (Å²) in [5.41, 5.74) is 0.758. The number of benzene rings is 2. The normalized spacial score (nSPS) is 10.4. The Bertz CT molecular complexity index is 1110. The molecule has 29 heavy (non-hydrogen) atoms. The molecule has 0 radical (unpaired) electrons. The fourth-order valence-corrected chi connectivity index (χ4v) is 3.86. The highest BCUT2D eigenvalue weighted by molar-refractivity contribution is 7.15. The Hall–Kier alpha value is -2.94. The summed E-state index contributed by atoms with van der Waals surface area (Å²) in [6.45, 7) is 0. The van der Waals surface area contributed by atoms with Crippen LogP contribution < -0.4 is 5.32 Å². The van der Waals surface area contributed by atoms with Crippen LogP contribution in [0.1, 0.15) is 20.7 Å². The lowest BCUT2D eigenvalue weighted by atomic mass is 10.0. The lowest BCUT2D eigenvalue weighted by molar-refractivity contribution is -0.385. The van der Waals surface area contributed by atoms with Gasteiger partial charge in [-0.1, -0.05) is 35.3 Å². The van der Waals surface area contributed by atoms with Crippen molar-refractivity contribution in [3.8, 4) is 11.1 Å². The summed E-state index contributed by atoms with van der Waals surface area (Å²) in [6.07, 6.45) is 0. The second-order valence-electron chi connectivity index (χ2n) is 5.72. The van der Waals surface area contributed by atoms with Gasteiger partial charge < -0.3 is 10.1 Å². The van der Waals surface area contributed by atoms with E-state index in [0.29, 0.717) is 16.1 Å². The van der Waals surface area contributed by atoms with Crippen molar-refractivity contribution in [2.45, 2.75) is 0 Å². The van der Waals surface area contributed by atoms with Crippen LogP contribution in [0.15, 0.2) is 47.8 Å². The van der Waals surface area contributed by atoms with Gasteiger partial charge >= 0.3 is 5.97 Å². The largest absolute Gasteiger partial charge is 0.465 e. The first-order valence-corrected chi connectivity index (χ1v) is 9.66. The highest BCUT2D eigenvalue weighted by Gasteiger charge is 2.25. The predicted octanol–water partition coefficient (Wildman–Crippen LogP) is 5.67. The number of ether oxygens (including phenoxy) is 1. The van der Waals surface area contributed by atoms with Gasteiger partial charge in [0.1, 0.15) is 16.1 Å². The molecule has 0 aliphatic heterocycles. The number of anilines is 1. The third-order valence-electron chi connectivity index (χ3n) is 3.96. The highest BCUT2D eigenvalue weighted by Crippen LogP contribution is 2.37. The van der Waals surface area contributed by atoms with Crippen LogP contribution in [0.2, 0.25) is 10.0 Å². The minimum Gasteiger partial charge on any atom is -0.465 e. The van der Waals surface area contributed by atoms with E-state index in [1.807, 2.05) is 0 Å². The van der Waals surface area contributed by atoms with E-state index in [-0.39, 0.29) is 21.2 Å². The van der Waals surface area contributed by atoms with Crippen molar-refractivity contribution in [2.24, 2.45) is 0 Å². The Labute approximate surface area is 179 Å². The number of hydrogen-bond donors (Lipinski definition) is 1. The van der Waals surface area contributed by atoms with Gasteiger partial charge in [0.15, 0.2) is 0 Å². The molecule has 10 heteroatoms. The quantitative estimate of drug-likeness (QED) is 0.306. The summed E-state index contributed by atoms with van der Waals surface area (Å²) in [5.74, 6) is -1.40. The topological polar surface area (TPSA) is 98.5 Å². The Balaban J connectivity index is 2.02. The van der Waals surface area contributed by atoms with E-state index in [9.17, 15) is 19.7 Å². The van der Waals surface area contributed by atoms with Crippen LogP contribution in [0.3, 0.4) is 0 Å². The molecule has 3 aromatic rings. The number of carbonyl (C=O) groups excluding carboxylic acids is 2. The molecular weight excluding hydrogens is 439 g/mol. The molecule has 0 unspecified atom stereocenters. The van der Waals surface area contributed by atoms with Gasteiger partial charge in [0.05, 0.1) is 12.0 Å². The van der Waals surface area contributed by atoms with Crippen molar-refractivity contribution >= 4 is 57.1 Å². The molecule has 2 aromatic carbocycles. The molecule has 1 heterocycles. The number of amides is 1. The monoisotopic (exact) mass is 450 g/mol. The van der Waals surface area contributed by atoms with E-state index in [1.165, 1.54) is 19.2 Å². The number of carbonyl (C=O) groups is 2. The molecule has 0 aliphatic rings. The number of methoxy groups -OCH3 is 1. The van der Waals surface area contributed by atoms with Crippen LogP contribution in [0.4, 0.5) is 10.7 Å². The van der Waals surface area contributed by atoms with Crippen LogP contribution in [0, 0.1) is 10.1 Å². The average molecular weight is 451 g/mol. The molecule has 0 aliphatic carbocycles. The Morgan fingerprint density at radius 3 is 2.38 bits per heavy atom. The van der Waals surface area contributed by atoms with Crippen molar-refractivity contribution in [3.05, 3.63) is 79.1 Å². The van der Waals surface area contributed by atoms with E-state index in [0.717, 1.165) is 17.4 Å².